The van der Waals surface area contributed by atoms with Gasteiger partial charge in [-0.25, -0.2) is 9.97 Å². The first-order valence-corrected chi connectivity index (χ1v) is 6.86. The number of aryl methyl sites for hydroxylation is 2. The average molecular weight is 286 g/mol. The third kappa shape index (κ3) is 3.34. The van der Waals surface area contributed by atoms with Gasteiger partial charge in [-0.15, -0.1) is 0 Å². The lowest BCUT2D eigenvalue weighted by molar-refractivity contribution is -0.384. The molecule has 21 heavy (non-hydrogen) atoms. The van der Waals surface area contributed by atoms with Gasteiger partial charge in [0.15, 0.2) is 5.69 Å². The van der Waals surface area contributed by atoms with Crippen molar-refractivity contribution in [2.45, 2.75) is 27.2 Å². The predicted molar refractivity (Wildman–Crippen MR) is 82.4 cm³/mol. The summed E-state index contributed by atoms with van der Waals surface area (Å²) in [6, 6.07) is 5.70. The summed E-state index contributed by atoms with van der Waals surface area (Å²) in [4.78, 5) is 19.0. The smallest absolute Gasteiger partial charge is 0.313 e. The van der Waals surface area contributed by atoms with E-state index >= 15 is 0 Å². The van der Waals surface area contributed by atoms with Crippen molar-refractivity contribution in [1.82, 2.24) is 9.97 Å². The quantitative estimate of drug-likeness (QED) is 0.672. The number of nitro groups is 1. The van der Waals surface area contributed by atoms with E-state index in [0.29, 0.717) is 11.6 Å². The van der Waals surface area contributed by atoms with E-state index in [-0.39, 0.29) is 5.69 Å². The Bertz CT molecular complexity index is 671. The van der Waals surface area contributed by atoms with Crippen molar-refractivity contribution in [3.63, 3.8) is 0 Å². The number of rotatable bonds is 5. The number of benzene rings is 1. The lowest BCUT2D eigenvalue weighted by Gasteiger charge is -2.08. The van der Waals surface area contributed by atoms with Gasteiger partial charge in [-0.05, 0) is 37.5 Å². The Balaban J connectivity index is 2.51. The molecular formula is C15H18N4O2. The number of hydrogen-bond donors (Lipinski definition) is 1. The topological polar surface area (TPSA) is 81.0 Å². The first-order chi connectivity index (χ1) is 10.0. The molecule has 0 radical (unpaired) electrons. The fourth-order valence-corrected chi connectivity index (χ4v) is 1.93. The van der Waals surface area contributed by atoms with E-state index in [1.54, 1.807) is 0 Å². The van der Waals surface area contributed by atoms with Gasteiger partial charge in [-0.3, -0.25) is 10.1 Å². The number of anilines is 1. The maximum Gasteiger partial charge on any atom is 0.313 e. The molecule has 0 saturated carbocycles. The van der Waals surface area contributed by atoms with Gasteiger partial charge in [0.05, 0.1) is 4.92 Å². The number of nitrogens with zero attached hydrogens (tertiary/aromatic N) is 3. The van der Waals surface area contributed by atoms with Gasteiger partial charge < -0.3 is 5.32 Å². The van der Waals surface area contributed by atoms with Crippen molar-refractivity contribution in [3.8, 4) is 11.3 Å². The van der Waals surface area contributed by atoms with E-state index < -0.39 is 4.92 Å². The molecule has 1 heterocycles. The van der Waals surface area contributed by atoms with E-state index in [4.69, 9.17) is 0 Å². The van der Waals surface area contributed by atoms with E-state index in [1.165, 1.54) is 6.20 Å². The highest BCUT2D eigenvalue weighted by Crippen LogP contribution is 2.29. The highest BCUT2D eigenvalue weighted by Gasteiger charge is 2.19. The summed E-state index contributed by atoms with van der Waals surface area (Å²) in [5.41, 5.74) is 3.20. The lowest BCUT2D eigenvalue weighted by Crippen LogP contribution is -2.06. The van der Waals surface area contributed by atoms with Crippen molar-refractivity contribution in [3.05, 3.63) is 45.6 Å². The Morgan fingerprint density at radius 3 is 2.67 bits per heavy atom. The molecule has 6 heteroatoms. The second kappa shape index (κ2) is 6.30. The standard InChI is InChI=1S/C15H18N4O2/c1-4-7-16-15-17-9-13(19(20)21)14(18-15)12-6-5-10(2)11(3)8-12/h5-6,8-9H,4,7H2,1-3H3,(H,16,17,18). The van der Waals surface area contributed by atoms with Gasteiger partial charge in [0.1, 0.15) is 6.20 Å². The number of hydrogen-bond acceptors (Lipinski definition) is 5. The van der Waals surface area contributed by atoms with Crippen LogP contribution >= 0.6 is 0 Å². The molecule has 0 amide bonds. The molecule has 0 aliphatic heterocycles. The summed E-state index contributed by atoms with van der Waals surface area (Å²) in [5.74, 6) is 0.413. The largest absolute Gasteiger partial charge is 0.354 e. The Hall–Kier alpha value is -2.50. The molecule has 6 nitrogen and oxygen atoms in total. The van der Waals surface area contributed by atoms with Crippen LogP contribution in [-0.4, -0.2) is 21.4 Å². The van der Waals surface area contributed by atoms with Crippen molar-refractivity contribution < 1.29 is 4.92 Å². The van der Waals surface area contributed by atoms with Crippen LogP contribution in [0.25, 0.3) is 11.3 Å². The summed E-state index contributed by atoms with van der Waals surface area (Å²) in [6.45, 7) is 6.73. The maximum absolute atomic E-state index is 11.2. The van der Waals surface area contributed by atoms with Crippen LogP contribution in [0.1, 0.15) is 24.5 Å². The molecule has 1 aromatic carbocycles. The molecule has 110 valence electrons. The molecule has 2 aromatic rings. The Morgan fingerprint density at radius 2 is 2.05 bits per heavy atom. The zero-order chi connectivity index (χ0) is 15.4. The minimum absolute atomic E-state index is 0.0831. The zero-order valence-electron chi connectivity index (χ0n) is 12.4. The van der Waals surface area contributed by atoms with Gasteiger partial charge in [0, 0.05) is 12.1 Å². The summed E-state index contributed by atoms with van der Waals surface area (Å²) < 4.78 is 0. The van der Waals surface area contributed by atoms with Crippen LogP contribution in [0.15, 0.2) is 24.4 Å². The fourth-order valence-electron chi connectivity index (χ4n) is 1.93. The Morgan fingerprint density at radius 1 is 1.29 bits per heavy atom. The average Bonchev–Trinajstić information content (AvgIpc) is 2.47. The number of nitrogens with one attached hydrogen (secondary N) is 1. The SMILES string of the molecule is CCCNc1ncc([N+](=O)[O-])c(-c2ccc(C)c(C)c2)n1. The molecule has 0 unspecified atom stereocenters. The molecule has 0 atom stereocenters. The molecule has 2 rings (SSSR count). The van der Waals surface area contributed by atoms with E-state index in [0.717, 1.165) is 29.7 Å². The van der Waals surface area contributed by atoms with Crippen LogP contribution < -0.4 is 5.32 Å². The van der Waals surface area contributed by atoms with Gasteiger partial charge in [-0.1, -0.05) is 19.1 Å². The summed E-state index contributed by atoms with van der Waals surface area (Å²) in [5, 5.41) is 14.2. The molecule has 0 aliphatic rings. The van der Waals surface area contributed by atoms with Crippen LogP contribution in [0.2, 0.25) is 0 Å². The molecule has 0 bridgehead atoms. The summed E-state index contributed by atoms with van der Waals surface area (Å²) >= 11 is 0. The van der Waals surface area contributed by atoms with Crippen LogP contribution in [-0.2, 0) is 0 Å². The van der Waals surface area contributed by atoms with Crippen LogP contribution in [0.5, 0.6) is 0 Å². The second-order valence-corrected chi connectivity index (χ2v) is 4.91. The van der Waals surface area contributed by atoms with Gasteiger partial charge in [-0.2, -0.15) is 0 Å². The van der Waals surface area contributed by atoms with Crippen molar-refractivity contribution in [2.24, 2.45) is 0 Å². The van der Waals surface area contributed by atoms with Crippen molar-refractivity contribution in [2.75, 3.05) is 11.9 Å². The zero-order valence-corrected chi connectivity index (χ0v) is 12.4. The summed E-state index contributed by atoms with van der Waals surface area (Å²) in [7, 11) is 0. The second-order valence-electron chi connectivity index (χ2n) is 4.91. The molecule has 0 fully saturated rings. The van der Waals surface area contributed by atoms with E-state index in [9.17, 15) is 10.1 Å². The molecular weight excluding hydrogens is 268 g/mol. The summed E-state index contributed by atoms with van der Waals surface area (Å²) in [6.07, 6.45) is 2.19. The third-order valence-corrected chi connectivity index (χ3v) is 3.28. The van der Waals surface area contributed by atoms with Gasteiger partial charge >= 0.3 is 5.69 Å². The van der Waals surface area contributed by atoms with Gasteiger partial charge in [0.25, 0.3) is 0 Å². The van der Waals surface area contributed by atoms with Crippen LogP contribution in [0.3, 0.4) is 0 Å². The minimum Gasteiger partial charge on any atom is -0.354 e. The van der Waals surface area contributed by atoms with Crippen LogP contribution in [0, 0.1) is 24.0 Å². The molecule has 1 aromatic heterocycles. The van der Waals surface area contributed by atoms with Crippen molar-refractivity contribution in [1.29, 1.82) is 0 Å². The predicted octanol–water partition coefficient (Wildman–Crippen LogP) is 3.49. The fraction of sp³-hybridized carbons (Fsp3) is 0.333. The Labute approximate surface area is 123 Å². The highest BCUT2D eigenvalue weighted by molar-refractivity contribution is 5.70. The molecule has 0 saturated heterocycles. The van der Waals surface area contributed by atoms with Crippen LogP contribution in [0.4, 0.5) is 11.6 Å². The third-order valence-electron chi connectivity index (χ3n) is 3.28. The molecule has 1 N–H and O–H groups in total. The number of aromatic nitrogens is 2. The van der Waals surface area contributed by atoms with E-state index in [1.807, 2.05) is 39.0 Å². The van der Waals surface area contributed by atoms with Gasteiger partial charge in [0.2, 0.25) is 5.95 Å². The Kier molecular flexibility index (Phi) is 4.47. The lowest BCUT2D eigenvalue weighted by atomic mass is 10.0. The molecule has 0 spiro atoms. The highest BCUT2D eigenvalue weighted by atomic mass is 16.6. The molecule has 0 aliphatic carbocycles. The van der Waals surface area contributed by atoms with E-state index in [2.05, 4.69) is 15.3 Å². The first-order valence-electron chi connectivity index (χ1n) is 6.86. The monoisotopic (exact) mass is 286 g/mol. The van der Waals surface area contributed by atoms with Crippen molar-refractivity contribution >= 4 is 11.6 Å². The normalized spacial score (nSPS) is 10.4. The minimum atomic E-state index is -0.450. The maximum atomic E-state index is 11.2. The first kappa shape index (κ1) is 14.9.